The number of rotatable bonds is 8. The van der Waals surface area contributed by atoms with Gasteiger partial charge in [-0.1, -0.05) is 42.8 Å². The van der Waals surface area contributed by atoms with E-state index in [1.165, 1.54) is 17.3 Å². The second-order valence-corrected chi connectivity index (χ2v) is 9.71. The molecular formula is C29H34ClN7O. The van der Waals surface area contributed by atoms with Gasteiger partial charge in [0, 0.05) is 53.8 Å². The van der Waals surface area contributed by atoms with Crippen LogP contribution in [0.4, 0.5) is 5.69 Å². The van der Waals surface area contributed by atoms with Gasteiger partial charge in [-0.3, -0.25) is 4.79 Å². The quantitative estimate of drug-likeness (QED) is 0.320. The van der Waals surface area contributed by atoms with Gasteiger partial charge in [0.2, 0.25) is 5.96 Å². The number of halogens is 1. The summed E-state index contributed by atoms with van der Waals surface area (Å²) in [5, 5.41) is 20.8. The number of hydrogen-bond acceptors (Lipinski definition) is 7. The van der Waals surface area contributed by atoms with E-state index >= 15 is 0 Å². The topological polar surface area (TPSA) is 114 Å². The molecular weight excluding hydrogens is 498 g/mol. The number of allylic oxidation sites excluding steroid dienone is 1. The van der Waals surface area contributed by atoms with E-state index in [-0.39, 0.29) is 12.5 Å². The van der Waals surface area contributed by atoms with E-state index in [4.69, 9.17) is 27.0 Å². The molecule has 38 heavy (non-hydrogen) atoms. The highest BCUT2D eigenvalue weighted by atomic mass is 35.5. The minimum absolute atomic E-state index is 0.212. The summed E-state index contributed by atoms with van der Waals surface area (Å²) in [6.45, 7) is 8.88. The van der Waals surface area contributed by atoms with Crippen LogP contribution < -0.4 is 21.3 Å². The molecule has 2 heterocycles. The van der Waals surface area contributed by atoms with Crippen molar-refractivity contribution in [1.29, 1.82) is 5.41 Å². The van der Waals surface area contributed by atoms with Gasteiger partial charge >= 0.3 is 0 Å². The molecule has 4 rings (SSSR count). The van der Waals surface area contributed by atoms with Crippen LogP contribution in [0.5, 0.6) is 0 Å². The Hall–Kier alpha value is -3.91. The fourth-order valence-electron chi connectivity index (χ4n) is 4.59. The number of nitrogens with one attached hydrogen (secondary N) is 5. The Morgan fingerprint density at radius 3 is 2.76 bits per heavy atom. The van der Waals surface area contributed by atoms with E-state index in [9.17, 15) is 4.79 Å². The highest BCUT2D eigenvalue weighted by molar-refractivity contribution is 6.31. The second kappa shape index (κ2) is 12.1. The smallest absolute Gasteiger partial charge is 0.251 e. The Balaban J connectivity index is 1.61. The number of guanidine groups is 1. The van der Waals surface area contributed by atoms with Crippen molar-refractivity contribution in [1.82, 2.24) is 21.3 Å². The average molecular weight is 532 g/mol. The number of carbonyl (C=O) groups is 1. The Morgan fingerprint density at radius 2 is 2.05 bits per heavy atom. The first-order valence-electron chi connectivity index (χ1n) is 12.8. The Morgan fingerprint density at radius 1 is 1.24 bits per heavy atom. The number of fused-ring (bicyclic) bond motifs is 1. The molecule has 0 aliphatic carbocycles. The lowest BCUT2D eigenvalue weighted by Crippen LogP contribution is -2.45. The van der Waals surface area contributed by atoms with Crippen molar-refractivity contribution in [3.8, 4) is 0 Å². The van der Waals surface area contributed by atoms with Crippen LogP contribution in [0.15, 0.2) is 69.4 Å². The van der Waals surface area contributed by atoms with E-state index in [2.05, 4.69) is 34.3 Å². The molecule has 0 saturated heterocycles. The normalized spacial score (nSPS) is 16.8. The molecule has 0 fully saturated rings. The molecule has 2 aromatic rings. The van der Waals surface area contributed by atoms with Crippen LogP contribution in [0.25, 0.3) is 0 Å². The third-order valence-electron chi connectivity index (χ3n) is 6.56. The highest BCUT2D eigenvalue weighted by Gasteiger charge is 2.31. The van der Waals surface area contributed by atoms with Crippen LogP contribution in [-0.4, -0.2) is 37.0 Å². The van der Waals surface area contributed by atoms with Crippen molar-refractivity contribution in [3.05, 3.63) is 86.7 Å². The minimum atomic E-state index is -0.622. The summed E-state index contributed by atoms with van der Waals surface area (Å²) >= 11 is 6.66. The number of aryl methyl sites for hydroxylation is 2. The van der Waals surface area contributed by atoms with Crippen molar-refractivity contribution < 1.29 is 4.79 Å². The lowest BCUT2D eigenvalue weighted by atomic mass is 9.94. The molecule has 0 spiro atoms. The zero-order valence-electron chi connectivity index (χ0n) is 22.2. The van der Waals surface area contributed by atoms with E-state index in [1.807, 2.05) is 51.1 Å². The molecule has 1 unspecified atom stereocenters. The molecule has 0 radical (unpaired) electrons. The van der Waals surface area contributed by atoms with Gasteiger partial charge in [0.15, 0.2) is 0 Å². The molecule has 8 nitrogen and oxygen atoms in total. The fourth-order valence-corrected chi connectivity index (χ4v) is 4.93. The van der Waals surface area contributed by atoms with Gasteiger partial charge in [-0.15, -0.1) is 0 Å². The molecule has 9 heteroatoms. The second-order valence-electron chi connectivity index (χ2n) is 9.30. The molecule has 2 aliphatic rings. The maximum Gasteiger partial charge on any atom is 0.251 e. The Bertz CT molecular complexity index is 1370. The van der Waals surface area contributed by atoms with Crippen LogP contribution in [0.2, 0.25) is 5.02 Å². The number of aliphatic imine (C=N–C) groups is 2. The molecule has 0 bridgehead atoms. The molecule has 1 atom stereocenters. The fraction of sp³-hybridized carbons (Fsp3) is 0.310. The number of nitrogens with zero attached hydrogens (tertiary/aromatic N) is 2. The molecule has 198 valence electrons. The number of hydrogen-bond donors (Lipinski definition) is 5. The summed E-state index contributed by atoms with van der Waals surface area (Å²) < 4.78 is 0. The molecule has 1 amide bonds. The summed E-state index contributed by atoms with van der Waals surface area (Å²) in [5.74, 6) is 1.03. The first kappa shape index (κ1) is 27.1. The van der Waals surface area contributed by atoms with Crippen molar-refractivity contribution in [2.45, 2.75) is 46.6 Å². The van der Waals surface area contributed by atoms with Crippen molar-refractivity contribution >= 4 is 41.2 Å². The van der Waals surface area contributed by atoms with Gasteiger partial charge < -0.3 is 26.7 Å². The molecule has 5 N–H and O–H groups in total. The van der Waals surface area contributed by atoms with E-state index in [0.717, 1.165) is 35.6 Å². The minimum Gasteiger partial charge on any atom is -0.391 e. The first-order valence-corrected chi connectivity index (χ1v) is 13.2. The summed E-state index contributed by atoms with van der Waals surface area (Å²) in [4.78, 5) is 23.1. The summed E-state index contributed by atoms with van der Waals surface area (Å²) in [7, 11) is 0. The third-order valence-corrected chi connectivity index (χ3v) is 6.89. The Labute approximate surface area is 228 Å². The molecule has 2 aliphatic heterocycles. The van der Waals surface area contributed by atoms with Gasteiger partial charge in [-0.2, -0.15) is 0 Å². The predicted octanol–water partition coefficient (Wildman–Crippen LogP) is 4.62. The van der Waals surface area contributed by atoms with Crippen LogP contribution in [-0.2, 0) is 17.6 Å². The maximum absolute atomic E-state index is 13.4. The number of carbonyl (C=O) groups excluding carboxylic acids is 1. The van der Waals surface area contributed by atoms with Gasteiger partial charge in [0.1, 0.15) is 11.9 Å². The molecule has 2 aromatic carbocycles. The van der Waals surface area contributed by atoms with E-state index in [0.29, 0.717) is 34.2 Å². The lowest BCUT2D eigenvalue weighted by Gasteiger charge is -2.27. The van der Waals surface area contributed by atoms with Crippen LogP contribution in [0.3, 0.4) is 0 Å². The van der Waals surface area contributed by atoms with E-state index < -0.39 is 6.04 Å². The zero-order valence-corrected chi connectivity index (χ0v) is 23.0. The summed E-state index contributed by atoms with van der Waals surface area (Å²) in [5.41, 5.74) is 7.04. The van der Waals surface area contributed by atoms with E-state index in [1.54, 1.807) is 6.20 Å². The monoisotopic (exact) mass is 531 g/mol. The average Bonchev–Trinajstić information content (AvgIpc) is 3.31. The predicted molar refractivity (Wildman–Crippen MR) is 156 cm³/mol. The van der Waals surface area contributed by atoms with Gasteiger partial charge in [-0.05, 0) is 56.0 Å². The lowest BCUT2D eigenvalue weighted by molar-refractivity contribution is -0.117. The zero-order chi connectivity index (χ0) is 27.2. The van der Waals surface area contributed by atoms with Crippen LogP contribution in [0.1, 0.15) is 49.1 Å². The highest BCUT2D eigenvalue weighted by Crippen LogP contribution is 2.35. The summed E-state index contributed by atoms with van der Waals surface area (Å²) in [6.07, 6.45) is 4.59. The molecule has 0 saturated carbocycles. The largest absolute Gasteiger partial charge is 0.391 e. The van der Waals surface area contributed by atoms with Crippen molar-refractivity contribution in [2.75, 3.05) is 13.1 Å². The SMILES string of the molecule is CCN/C=C(\C=N)CNC(=O)C1=C(C)NC(NC2=Nc3cccc(CC)c3C2)=NC1c1ccc(C)cc1Cl. The number of benzene rings is 2. The standard InChI is InChI=1S/C29H34ClN7O/c1-5-20-8-7-9-24-22(20)13-25(35-24)36-29-34-18(4)26(28(38)33-16-19(14-31)15-32-6-2)27(37-29)21-11-10-17(3)12-23(21)30/h7-12,14-15,27,31-32H,5-6,13,16H2,1-4H3,(H,33,38)(H2,34,35,36,37)/b19-15+,31-14?. The maximum atomic E-state index is 13.4. The third kappa shape index (κ3) is 5.97. The van der Waals surface area contributed by atoms with Gasteiger partial charge in [0.05, 0.1) is 11.3 Å². The molecule has 0 aromatic heterocycles. The van der Waals surface area contributed by atoms with Gasteiger partial charge in [0.25, 0.3) is 5.91 Å². The first-order chi connectivity index (χ1) is 18.3. The van der Waals surface area contributed by atoms with Crippen molar-refractivity contribution in [2.24, 2.45) is 9.98 Å². The van der Waals surface area contributed by atoms with Crippen molar-refractivity contribution in [3.63, 3.8) is 0 Å². The summed E-state index contributed by atoms with van der Waals surface area (Å²) in [6, 6.07) is 11.3. The van der Waals surface area contributed by atoms with Gasteiger partial charge in [-0.25, -0.2) is 9.98 Å². The Kier molecular flexibility index (Phi) is 8.63. The number of amidine groups is 1. The number of amides is 1. The van der Waals surface area contributed by atoms with Crippen LogP contribution in [0, 0.1) is 12.3 Å². The van der Waals surface area contributed by atoms with Crippen LogP contribution >= 0.6 is 11.6 Å².